The second-order valence-electron chi connectivity index (χ2n) is 4.47. The van der Waals surface area contributed by atoms with E-state index in [1.807, 2.05) is 0 Å². The first kappa shape index (κ1) is 12.7. The van der Waals surface area contributed by atoms with E-state index in [0.29, 0.717) is 18.0 Å². The lowest BCUT2D eigenvalue weighted by Gasteiger charge is -2.23. The number of halogens is 1. The highest BCUT2D eigenvalue weighted by Crippen LogP contribution is 2.17. The summed E-state index contributed by atoms with van der Waals surface area (Å²) < 4.78 is 1.13. The summed E-state index contributed by atoms with van der Waals surface area (Å²) >= 11 is 3.45. The third-order valence-corrected chi connectivity index (χ3v) is 3.41. The van der Waals surface area contributed by atoms with E-state index in [-0.39, 0.29) is 0 Å². The molecular weight excluding hydrogens is 250 g/mol. The number of rotatable bonds is 4. The molecule has 0 aliphatic heterocycles. The molecule has 0 spiro atoms. The third-order valence-electron chi connectivity index (χ3n) is 2.88. The van der Waals surface area contributed by atoms with Crippen molar-refractivity contribution in [2.24, 2.45) is 5.92 Å². The second kappa shape index (κ2) is 5.66. The van der Waals surface area contributed by atoms with E-state index in [4.69, 9.17) is 0 Å². The molecule has 2 unspecified atom stereocenters. The molecule has 1 nitrogen and oxygen atoms in total. The van der Waals surface area contributed by atoms with Gasteiger partial charge in [0.2, 0.25) is 0 Å². The Morgan fingerprint density at radius 3 is 2.00 bits per heavy atom. The van der Waals surface area contributed by atoms with Gasteiger partial charge in [0.15, 0.2) is 0 Å². The number of hydrogen-bond acceptors (Lipinski definition) is 1. The first-order chi connectivity index (χ1) is 7.00. The monoisotopic (exact) mass is 269 g/mol. The van der Waals surface area contributed by atoms with Crippen LogP contribution in [-0.4, -0.2) is 6.04 Å². The number of benzene rings is 1. The van der Waals surface area contributed by atoms with Crippen molar-refractivity contribution in [1.82, 2.24) is 5.32 Å². The Morgan fingerprint density at radius 1 is 1.00 bits per heavy atom. The van der Waals surface area contributed by atoms with Crippen LogP contribution in [0.25, 0.3) is 0 Å². The Balaban J connectivity index is 2.61. The largest absolute Gasteiger partial charge is 0.307 e. The second-order valence-corrected chi connectivity index (χ2v) is 5.39. The van der Waals surface area contributed by atoms with Crippen LogP contribution in [0.5, 0.6) is 0 Å². The molecule has 0 aromatic heterocycles. The Hall–Kier alpha value is -0.340. The third kappa shape index (κ3) is 3.96. The van der Waals surface area contributed by atoms with Crippen LogP contribution in [0.2, 0.25) is 0 Å². The van der Waals surface area contributed by atoms with Crippen molar-refractivity contribution in [3.8, 4) is 0 Å². The van der Waals surface area contributed by atoms with Gasteiger partial charge >= 0.3 is 0 Å². The fourth-order valence-corrected chi connectivity index (χ4v) is 1.70. The molecule has 0 aliphatic carbocycles. The van der Waals surface area contributed by atoms with Crippen molar-refractivity contribution in [1.29, 1.82) is 0 Å². The van der Waals surface area contributed by atoms with Gasteiger partial charge in [-0.3, -0.25) is 0 Å². The average Bonchev–Trinajstić information content (AvgIpc) is 2.18. The lowest BCUT2D eigenvalue weighted by Crippen LogP contribution is -2.32. The highest BCUT2D eigenvalue weighted by atomic mass is 79.9. The smallest absolute Gasteiger partial charge is 0.0294 e. The zero-order chi connectivity index (χ0) is 11.4. The molecule has 84 valence electrons. The van der Waals surface area contributed by atoms with Gasteiger partial charge in [0, 0.05) is 16.6 Å². The lowest BCUT2D eigenvalue weighted by molar-refractivity contribution is 0.389. The highest BCUT2D eigenvalue weighted by Gasteiger charge is 2.11. The van der Waals surface area contributed by atoms with E-state index < -0.39 is 0 Å². The fraction of sp³-hybridized carbons (Fsp3) is 0.538. The van der Waals surface area contributed by atoms with Crippen LogP contribution in [-0.2, 0) is 0 Å². The number of nitrogens with one attached hydrogen (secondary N) is 1. The Kier molecular flexibility index (Phi) is 4.81. The molecule has 0 saturated heterocycles. The molecule has 2 heteroatoms. The molecule has 0 heterocycles. The maximum atomic E-state index is 3.60. The van der Waals surface area contributed by atoms with Crippen molar-refractivity contribution < 1.29 is 0 Å². The highest BCUT2D eigenvalue weighted by molar-refractivity contribution is 9.10. The maximum Gasteiger partial charge on any atom is 0.0294 e. The summed E-state index contributed by atoms with van der Waals surface area (Å²) in [5.41, 5.74) is 1.34. The molecule has 0 aliphatic rings. The van der Waals surface area contributed by atoms with E-state index in [1.54, 1.807) is 0 Å². The minimum absolute atomic E-state index is 0.413. The van der Waals surface area contributed by atoms with Crippen LogP contribution in [0.3, 0.4) is 0 Å². The van der Waals surface area contributed by atoms with Gasteiger partial charge in [-0.2, -0.15) is 0 Å². The standard InChI is InChI=1S/C13H20BrN/c1-9(2)10(3)15-11(4)12-5-7-13(14)8-6-12/h5-11,15H,1-4H3. The van der Waals surface area contributed by atoms with E-state index in [9.17, 15) is 0 Å². The summed E-state index contributed by atoms with van der Waals surface area (Å²) in [6, 6.07) is 9.46. The predicted molar refractivity (Wildman–Crippen MR) is 70.0 cm³/mol. The van der Waals surface area contributed by atoms with Gasteiger partial charge in [-0.1, -0.05) is 41.9 Å². The van der Waals surface area contributed by atoms with Crippen molar-refractivity contribution in [3.05, 3.63) is 34.3 Å². The summed E-state index contributed by atoms with van der Waals surface area (Å²) in [5, 5.41) is 3.60. The molecule has 2 atom stereocenters. The van der Waals surface area contributed by atoms with E-state index >= 15 is 0 Å². The maximum absolute atomic E-state index is 3.60. The molecule has 0 fully saturated rings. The summed E-state index contributed by atoms with van der Waals surface area (Å²) in [6.07, 6.45) is 0. The van der Waals surface area contributed by atoms with Gasteiger partial charge in [0.1, 0.15) is 0 Å². The van der Waals surface area contributed by atoms with Crippen LogP contribution in [0.15, 0.2) is 28.7 Å². The minimum atomic E-state index is 0.413. The molecule has 0 bridgehead atoms. The molecule has 1 aromatic rings. The van der Waals surface area contributed by atoms with Gasteiger partial charge in [-0.15, -0.1) is 0 Å². The molecule has 1 N–H and O–H groups in total. The zero-order valence-electron chi connectivity index (χ0n) is 9.92. The van der Waals surface area contributed by atoms with Gasteiger partial charge < -0.3 is 5.32 Å². The summed E-state index contributed by atoms with van der Waals surface area (Å²) in [5.74, 6) is 0.669. The van der Waals surface area contributed by atoms with Crippen LogP contribution in [0, 0.1) is 5.92 Å². The van der Waals surface area contributed by atoms with Crippen LogP contribution in [0.4, 0.5) is 0 Å². The Bertz CT molecular complexity index is 292. The topological polar surface area (TPSA) is 12.0 Å². The molecule has 15 heavy (non-hydrogen) atoms. The van der Waals surface area contributed by atoms with Crippen LogP contribution in [0.1, 0.15) is 39.3 Å². The van der Waals surface area contributed by atoms with Crippen molar-refractivity contribution in [2.75, 3.05) is 0 Å². The summed E-state index contributed by atoms with van der Waals surface area (Å²) in [4.78, 5) is 0. The van der Waals surface area contributed by atoms with Crippen molar-refractivity contribution in [2.45, 2.75) is 39.8 Å². The van der Waals surface area contributed by atoms with Crippen molar-refractivity contribution in [3.63, 3.8) is 0 Å². The predicted octanol–water partition coefficient (Wildman–Crippen LogP) is 4.14. The normalized spacial score (nSPS) is 15.3. The van der Waals surface area contributed by atoms with Crippen molar-refractivity contribution >= 4 is 15.9 Å². The first-order valence-electron chi connectivity index (χ1n) is 5.52. The minimum Gasteiger partial charge on any atom is -0.307 e. The SMILES string of the molecule is CC(NC(C)C(C)C)c1ccc(Br)cc1. The van der Waals surface area contributed by atoms with Gasteiger partial charge in [-0.05, 0) is 37.5 Å². The molecule has 1 aromatic carbocycles. The summed E-state index contributed by atoms with van der Waals surface area (Å²) in [7, 11) is 0. The van der Waals surface area contributed by atoms with E-state index in [2.05, 4.69) is 73.2 Å². The Labute approximate surface area is 101 Å². The van der Waals surface area contributed by atoms with Gasteiger partial charge in [-0.25, -0.2) is 0 Å². The molecule has 0 amide bonds. The van der Waals surface area contributed by atoms with Gasteiger partial charge in [0.05, 0.1) is 0 Å². The molecule has 0 saturated carbocycles. The molecular formula is C13H20BrN. The fourth-order valence-electron chi connectivity index (χ4n) is 1.43. The first-order valence-corrected chi connectivity index (χ1v) is 6.31. The Morgan fingerprint density at radius 2 is 1.53 bits per heavy atom. The van der Waals surface area contributed by atoms with Crippen LogP contribution >= 0.6 is 15.9 Å². The average molecular weight is 270 g/mol. The zero-order valence-corrected chi connectivity index (χ0v) is 11.5. The van der Waals surface area contributed by atoms with Crippen LogP contribution < -0.4 is 5.32 Å². The molecule has 1 rings (SSSR count). The number of hydrogen-bond donors (Lipinski definition) is 1. The quantitative estimate of drug-likeness (QED) is 0.866. The lowest BCUT2D eigenvalue weighted by atomic mass is 10.0. The van der Waals surface area contributed by atoms with E-state index in [1.165, 1.54) is 5.56 Å². The summed E-state index contributed by atoms with van der Waals surface area (Å²) in [6.45, 7) is 8.93. The van der Waals surface area contributed by atoms with E-state index in [0.717, 1.165) is 4.47 Å². The molecule has 0 radical (unpaired) electrons. The van der Waals surface area contributed by atoms with Gasteiger partial charge in [0.25, 0.3) is 0 Å².